The predicted molar refractivity (Wildman–Crippen MR) is 81.1 cm³/mol. The van der Waals surface area contributed by atoms with Crippen LogP contribution in [-0.2, 0) is 4.74 Å². The highest BCUT2D eigenvalue weighted by Gasteiger charge is 2.28. The Hall–Kier alpha value is -0.850. The molecule has 0 aliphatic carbocycles. The fourth-order valence-electron chi connectivity index (χ4n) is 2.20. The molecule has 0 saturated carbocycles. The number of ether oxygens (including phenoxy) is 1. The van der Waals surface area contributed by atoms with Crippen molar-refractivity contribution in [1.82, 2.24) is 10.2 Å². The number of aliphatic hydroxyl groups is 2. The zero-order chi connectivity index (χ0) is 16.1. The van der Waals surface area contributed by atoms with Crippen molar-refractivity contribution in [3.8, 4) is 0 Å². The molecule has 0 unspecified atom stereocenters. The minimum atomic E-state index is -0.637. The van der Waals surface area contributed by atoms with Crippen LogP contribution in [0.3, 0.4) is 0 Å². The molecule has 1 fully saturated rings. The Bertz CT molecular complexity index is 329. The summed E-state index contributed by atoms with van der Waals surface area (Å²) in [4.78, 5) is 13.7. The molecule has 3 N–H and O–H groups in total. The third kappa shape index (κ3) is 6.20. The van der Waals surface area contributed by atoms with E-state index in [1.807, 2.05) is 20.8 Å². The molecule has 0 aromatic carbocycles. The summed E-state index contributed by atoms with van der Waals surface area (Å²) in [7, 11) is 0. The summed E-state index contributed by atoms with van der Waals surface area (Å²) in [6.07, 6.45) is 1.56. The molecule has 0 aromatic heterocycles. The predicted octanol–water partition coefficient (Wildman–Crippen LogP) is 0.966. The van der Waals surface area contributed by atoms with Gasteiger partial charge in [-0.2, -0.15) is 0 Å². The molecule has 0 radical (unpaired) electrons. The quantitative estimate of drug-likeness (QED) is 0.705. The first-order valence-corrected chi connectivity index (χ1v) is 7.64. The Balaban J connectivity index is 2.34. The summed E-state index contributed by atoms with van der Waals surface area (Å²) >= 11 is 0. The molecule has 0 bridgehead atoms. The van der Waals surface area contributed by atoms with Gasteiger partial charge in [0.25, 0.3) is 0 Å². The van der Waals surface area contributed by atoms with Crippen LogP contribution in [0.15, 0.2) is 0 Å². The molecule has 1 aliphatic heterocycles. The van der Waals surface area contributed by atoms with Crippen molar-refractivity contribution in [2.75, 3.05) is 32.8 Å². The number of carbonyl (C=O) groups excluding carboxylic acids is 1. The van der Waals surface area contributed by atoms with E-state index < -0.39 is 11.1 Å². The SMILES string of the molecule is CC(CO)(CO)NCC1CCN(C(=O)OC(C)(C)C)CC1. The summed E-state index contributed by atoms with van der Waals surface area (Å²) in [5.41, 5.74) is -1.10. The summed E-state index contributed by atoms with van der Waals surface area (Å²) in [5, 5.41) is 21.7. The summed E-state index contributed by atoms with van der Waals surface area (Å²) < 4.78 is 5.37. The van der Waals surface area contributed by atoms with Gasteiger partial charge in [-0.25, -0.2) is 4.79 Å². The monoisotopic (exact) mass is 302 g/mol. The third-order valence-corrected chi connectivity index (χ3v) is 3.78. The van der Waals surface area contributed by atoms with E-state index in [4.69, 9.17) is 4.74 Å². The van der Waals surface area contributed by atoms with Gasteiger partial charge in [-0.05, 0) is 53.0 Å². The van der Waals surface area contributed by atoms with Gasteiger partial charge in [-0.1, -0.05) is 0 Å². The van der Waals surface area contributed by atoms with Crippen molar-refractivity contribution in [3.05, 3.63) is 0 Å². The van der Waals surface area contributed by atoms with Gasteiger partial charge < -0.3 is 25.2 Å². The average molecular weight is 302 g/mol. The van der Waals surface area contributed by atoms with Gasteiger partial charge in [0.2, 0.25) is 0 Å². The maximum Gasteiger partial charge on any atom is 0.410 e. The summed E-state index contributed by atoms with van der Waals surface area (Å²) in [6, 6.07) is 0. The Morgan fingerprint density at radius 3 is 2.14 bits per heavy atom. The zero-order valence-electron chi connectivity index (χ0n) is 13.7. The van der Waals surface area contributed by atoms with Crippen molar-refractivity contribution >= 4 is 6.09 Å². The number of amides is 1. The standard InChI is InChI=1S/C15H30N2O4/c1-14(2,3)21-13(20)17-7-5-12(6-8-17)9-16-15(4,10-18)11-19/h12,16,18-19H,5-11H2,1-4H3. The van der Waals surface area contributed by atoms with Crippen molar-refractivity contribution in [1.29, 1.82) is 0 Å². The number of likely N-dealkylation sites (tertiary alicyclic amines) is 1. The maximum absolute atomic E-state index is 12.0. The van der Waals surface area contributed by atoms with E-state index >= 15 is 0 Å². The van der Waals surface area contributed by atoms with E-state index in [0.717, 1.165) is 19.4 Å². The largest absolute Gasteiger partial charge is 0.444 e. The molecule has 1 aliphatic rings. The lowest BCUT2D eigenvalue weighted by Crippen LogP contribution is -2.52. The Morgan fingerprint density at radius 1 is 1.19 bits per heavy atom. The first-order chi connectivity index (χ1) is 9.69. The number of rotatable bonds is 5. The van der Waals surface area contributed by atoms with Gasteiger partial charge in [-0.3, -0.25) is 0 Å². The van der Waals surface area contributed by atoms with Gasteiger partial charge in [-0.15, -0.1) is 0 Å². The van der Waals surface area contributed by atoms with E-state index in [1.165, 1.54) is 0 Å². The molecular weight excluding hydrogens is 272 g/mol. The number of aliphatic hydroxyl groups excluding tert-OH is 2. The second-order valence-electron chi connectivity index (χ2n) is 7.17. The topological polar surface area (TPSA) is 82.0 Å². The molecule has 1 saturated heterocycles. The van der Waals surface area contributed by atoms with Gasteiger partial charge in [0.05, 0.1) is 18.8 Å². The second-order valence-corrected chi connectivity index (χ2v) is 7.17. The van der Waals surface area contributed by atoms with Crippen LogP contribution in [0, 0.1) is 5.92 Å². The summed E-state index contributed by atoms with van der Waals surface area (Å²) in [5.74, 6) is 0.445. The van der Waals surface area contributed by atoms with Crippen molar-refractivity contribution < 1.29 is 19.7 Å². The lowest BCUT2D eigenvalue weighted by molar-refractivity contribution is 0.0177. The lowest BCUT2D eigenvalue weighted by atomic mass is 9.95. The highest BCUT2D eigenvalue weighted by atomic mass is 16.6. The van der Waals surface area contributed by atoms with Crippen LogP contribution in [-0.4, -0.2) is 65.2 Å². The number of nitrogens with one attached hydrogen (secondary N) is 1. The van der Waals surface area contributed by atoms with Gasteiger partial charge in [0, 0.05) is 13.1 Å². The molecule has 6 nitrogen and oxygen atoms in total. The molecular formula is C15H30N2O4. The molecule has 21 heavy (non-hydrogen) atoms. The molecule has 0 aromatic rings. The highest BCUT2D eigenvalue weighted by Crippen LogP contribution is 2.19. The maximum atomic E-state index is 12.0. The van der Waals surface area contributed by atoms with Crippen LogP contribution in [0.2, 0.25) is 0 Å². The van der Waals surface area contributed by atoms with E-state index in [1.54, 1.807) is 11.8 Å². The van der Waals surface area contributed by atoms with Crippen LogP contribution < -0.4 is 5.32 Å². The molecule has 0 spiro atoms. The van der Waals surface area contributed by atoms with Crippen LogP contribution in [0.1, 0.15) is 40.5 Å². The van der Waals surface area contributed by atoms with Crippen molar-refractivity contribution in [3.63, 3.8) is 0 Å². The van der Waals surface area contributed by atoms with Gasteiger partial charge in [0.1, 0.15) is 5.60 Å². The fourth-order valence-corrected chi connectivity index (χ4v) is 2.20. The smallest absolute Gasteiger partial charge is 0.410 e. The highest BCUT2D eigenvalue weighted by molar-refractivity contribution is 5.68. The molecule has 1 rings (SSSR count). The number of hydrogen-bond donors (Lipinski definition) is 3. The number of carbonyl (C=O) groups is 1. The normalized spacial score (nSPS) is 17.9. The van der Waals surface area contributed by atoms with Crippen molar-refractivity contribution in [2.24, 2.45) is 5.92 Å². The number of nitrogens with zero attached hydrogens (tertiary/aromatic N) is 1. The first kappa shape index (κ1) is 18.2. The van der Waals surface area contributed by atoms with Crippen LogP contribution >= 0.6 is 0 Å². The number of piperidine rings is 1. The third-order valence-electron chi connectivity index (χ3n) is 3.78. The van der Waals surface area contributed by atoms with E-state index in [9.17, 15) is 15.0 Å². The number of hydrogen-bond acceptors (Lipinski definition) is 5. The van der Waals surface area contributed by atoms with E-state index in [0.29, 0.717) is 19.0 Å². The van der Waals surface area contributed by atoms with Crippen LogP contribution in [0.25, 0.3) is 0 Å². The minimum absolute atomic E-state index is 0.0970. The fraction of sp³-hybridized carbons (Fsp3) is 0.933. The van der Waals surface area contributed by atoms with Gasteiger partial charge in [0.15, 0.2) is 0 Å². The van der Waals surface area contributed by atoms with Gasteiger partial charge >= 0.3 is 6.09 Å². The second kappa shape index (κ2) is 7.42. The van der Waals surface area contributed by atoms with Crippen LogP contribution in [0.4, 0.5) is 4.79 Å². The Morgan fingerprint density at radius 2 is 1.71 bits per heavy atom. The molecule has 0 atom stereocenters. The Kier molecular flexibility index (Phi) is 6.43. The molecule has 1 heterocycles. The first-order valence-electron chi connectivity index (χ1n) is 7.64. The lowest BCUT2D eigenvalue weighted by Gasteiger charge is -2.35. The van der Waals surface area contributed by atoms with Crippen molar-refractivity contribution in [2.45, 2.75) is 51.7 Å². The van der Waals surface area contributed by atoms with E-state index in [2.05, 4.69) is 5.32 Å². The minimum Gasteiger partial charge on any atom is -0.444 e. The van der Waals surface area contributed by atoms with Crippen LogP contribution in [0.5, 0.6) is 0 Å². The van der Waals surface area contributed by atoms with E-state index in [-0.39, 0.29) is 19.3 Å². The molecule has 124 valence electrons. The summed E-state index contributed by atoms with van der Waals surface area (Å²) in [6.45, 7) is 9.32. The Labute approximate surface area is 127 Å². The zero-order valence-corrected chi connectivity index (χ0v) is 13.7. The average Bonchev–Trinajstić information content (AvgIpc) is 2.43. The molecule has 6 heteroatoms. The molecule has 1 amide bonds.